The monoisotopic (exact) mass is 162 g/mol. The predicted octanol–water partition coefficient (Wildman–Crippen LogP) is 1.06. The number of nitrogens with zero attached hydrogens (tertiary/aromatic N) is 2. The van der Waals surface area contributed by atoms with Crippen LogP contribution in [0.3, 0.4) is 0 Å². The molecule has 3 nitrogen and oxygen atoms in total. The minimum absolute atomic E-state index is 0.0261. The number of hydrogen-bond donors (Lipinski definition) is 1. The van der Waals surface area contributed by atoms with Crippen LogP contribution in [0, 0.1) is 6.92 Å². The highest BCUT2D eigenvalue weighted by Gasteiger charge is 2.02. The molecule has 56 valence electrons. The molecule has 0 aromatic carbocycles. The molecule has 1 aromatic heterocycles. The standard InChI is InChI=1S/C5H7FN2OS/c1-4-2-5(3-9)7-8(4)10-6/h2,9H,3H2,1H3. The van der Waals surface area contributed by atoms with Crippen molar-refractivity contribution >= 4 is 12.3 Å². The number of rotatable bonds is 2. The molecule has 1 N–H and O–H groups in total. The molecule has 1 heterocycles. The molecule has 1 aromatic rings. The second-order valence-corrected chi connectivity index (χ2v) is 2.36. The summed E-state index contributed by atoms with van der Waals surface area (Å²) in [5.41, 5.74) is 1.18. The van der Waals surface area contributed by atoms with Crippen LogP contribution in [0.15, 0.2) is 6.07 Å². The van der Waals surface area contributed by atoms with Crippen LogP contribution in [-0.2, 0) is 6.61 Å². The van der Waals surface area contributed by atoms with Gasteiger partial charge in [0.05, 0.1) is 18.0 Å². The van der Waals surface area contributed by atoms with Gasteiger partial charge in [0.25, 0.3) is 0 Å². The summed E-state index contributed by atoms with van der Waals surface area (Å²) in [7, 11) is 0. The molecule has 0 bridgehead atoms. The number of aryl methyl sites for hydroxylation is 1. The molecule has 0 unspecified atom stereocenters. The Bertz CT molecular complexity index is 225. The topological polar surface area (TPSA) is 38.1 Å². The first-order valence-electron chi connectivity index (χ1n) is 2.73. The minimum Gasteiger partial charge on any atom is -0.390 e. The largest absolute Gasteiger partial charge is 0.390 e. The van der Waals surface area contributed by atoms with Crippen LogP contribution in [0.5, 0.6) is 0 Å². The van der Waals surface area contributed by atoms with E-state index in [1.165, 1.54) is 0 Å². The molecule has 0 aliphatic rings. The maximum atomic E-state index is 11.9. The zero-order chi connectivity index (χ0) is 7.56. The van der Waals surface area contributed by atoms with Gasteiger partial charge in [-0.2, -0.15) is 9.19 Å². The van der Waals surface area contributed by atoms with Crippen molar-refractivity contribution in [2.24, 2.45) is 0 Å². The zero-order valence-corrected chi connectivity index (χ0v) is 6.23. The number of aliphatic hydroxyl groups excluding tert-OH is 1. The Kier molecular flexibility index (Phi) is 2.29. The van der Waals surface area contributed by atoms with Crippen molar-refractivity contribution in [1.82, 2.24) is 9.19 Å². The third-order valence-electron chi connectivity index (χ3n) is 1.12. The lowest BCUT2D eigenvalue weighted by Crippen LogP contribution is -1.89. The number of aliphatic hydroxyl groups is 1. The Hall–Kier alpha value is -0.550. The van der Waals surface area contributed by atoms with Crippen LogP contribution < -0.4 is 0 Å². The fourth-order valence-corrected chi connectivity index (χ4v) is 0.965. The fourth-order valence-electron chi connectivity index (χ4n) is 0.668. The highest BCUT2D eigenvalue weighted by molar-refractivity contribution is 7.92. The maximum absolute atomic E-state index is 11.9. The average molecular weight is 162 g/mol. The van der Waals surface area contributed by atoms with E-state index in [1.54, 1.807) is 13.0 Å². The van der Waals surface area contributed by atoms with Crippen LogP contribution in [0.4, 0.5) is 3.89 Å². The van der Waals surface area contributed by atoms with Crippen molar-refractivity contribution in [1.29, 1.82) is 0 Å². The van der Waals surface area contributed by atoms with Crippen LogP contribution in [-0.4, -0.2) is 14.3 Å². The molecule has 10 heavy (non-hydrogen) atoms. The summed E-state index contributed by atoms with van der Waals surface area (Å²) in [6.07, 6.45) is 0. The highest BCUT2D eigenvalue weighted by Crippen LogP contribution is 2.11. The second-order valence-electron chi connectivity index (χ2n) is 1.88. The van der Waals surface area contributed by atoms with Gasteiger partial charge in [0.2, 0.25) is 0 Å². The molecule has 1 rings (SSSR count). The first-order chi connectivity index (χ1) is 4.77. The molecule has 0 spiro atoms. The van der Waals surface area contributed by atoms with Crippen LogP contribution >= 0.6 is 12.3 Å². The van der Waals surface area contributed by atoms with Crippen molar-refractivity contribution in [3.63, 3.8) is 0 Å². The molecule has 0 amide bonds. The molecule has 0 radical (unpaired) electrons. The van der Waals surface area contributed by atoms with Crippen molar-refractivity contribution in [3.05, 3.63) is 17.5 Å². The average Bonchev–Trinajstić information content (AvgIpc) is 2.30. The third-order valence-corrected chi connectivity index (χ3v) is 1.62. The second kappa shape index (κ2) is 3.03. The van der Waals surface area contributed by atoms with E-state index in [-0.39, 0.29) is 18.9 Å². The number of halogens is 1. The third kappa shape index (κ3) is 1.30. The molecule has 0 aliphatic heterocycles. The van der Waals surface area contributed by atoms with E-state index in [4.69, 9.17) is 5.11 Å². The minimum atomic E-state index is -0.144. The van der Waals surface area contributed by atoms with Gasteiger partial charge in [-0.1, -0.05) is 0 Å². The zero-order valence-electron chi connectivity index (χ0n) is 5.41. The molecule has 0 saturated heterocycles. The van der Waals surface area contributed by atoms with Crippen LogP contribution in [0.2, 0.25) is 0 Å². The van der Waals surface area contributed by atoms with E-state index in [9.17, 15) is 3.89 Å². The summed E-state index contributed by atoms with van der Waals surface area (Å²) in [5.74, 6) is 0. The first-order valence-corrected chi connectivity index (χ1v) is 3.40. The van der Waals surface area contributed by atoms with Crippen LogP contribution in [0.25, 0.3) is 0 Å². The van der Waals surface area contributed by atoms with E-state index in [1.807, 2.05) is 0 Å². The Morgan fingerprint density at radius 1 is 1.90 bits per heavy atom. The number of hydrogen-bond acceptors (Lipinski definition) is 3. The molecular weight excluding hydrogens is 155 g/mol. The lowest BCUT2D eigenvalue weighted by Gasteiger charge is -1.89. The van der Waals surface area contributed by atoms with Crippen molar-refractivity contribution in [2.75, 3.05) is 0 Å². The molecular formula is C5H7FN2OS. The maximum Gasteiger partial charge on any atom is 0.187 e. The molecule has 0 aliphatic carbocycles. The summed E-state index contributed by atoms with van der Waals surface area (Å²) >= 11 is 0.0261. The SMILES string of the molecule is Cc1cc(CO)nn1SF. The van der Waals surface area contributed by atoms with E-state index in [0.29, 0.717) is 11.4 Å². The molecule has 0 fully saturated rings. The van der Waals surface area contributed by atoms with E-state index in [2.05, 4.69) is 5.10 Å². The van der Waals surface area contributed by atoms with Gasteiger partial charge < -0.3 is 5.11 Å². The van der Waals surface area contributed by atoms with Gasteiger partial charge >= 0.3 is 0 Å². The summed E-state index contributed by atoms with van der Waals surface area (Å²) in [6, 6.07) is 1.63. The Labute approximate surface area is 62.3 Å². The van der Waals surface area contributed by atoms with Crippen molar-refractivity contribution in [3.8, 4) is 0 Å². The normalized spacial score (nSPS) is 10.3. The summed E-state index contributed by atoms with van der Waals surface area (Å²) < 4.78 is 13.0. The summed E-state index contributed by atoms with van der Waals surface area (Å²) in [5, 5.41) is 12.3. The molecule has 0 saturated carbocycles. The molecule has 0 atom stereocenters. The first kappa shape index (κ1) is 7.56. The van der Waals surface area contributed by atoms with Gasteiger partial charge in [0, 0.05) is 0 Å². The lowest BCUT2D eigenvalue weighted by atomic mass is 10.4. The highest BCUT2D eigenvalue weighted by atomic mass is 32.2. The van der Waals surface area contributed by atoms with Crippen molar-refractivity contribution < 1.29 is 8.99 Å². The van der Waals surface area contributed by atoms with Gasteiger partial charge in [-0.15, -0.1) is 3.89 Å². The Morgan fingerprint density at radius 3 is 2.90 bits per heavy atom. The lowest BCUT2D eigenvalue weighted by molar-refractivity contribution is 0.276. The van der Waals surface area contributed by atoms with Gasteiger partial charge in [0.1, 0.15) is 0 Å². The molecule has 5 heteroatoms. The smallest absolute Gasteiger partial charge is 0.187 e. The van der Waals surface area contributed by atoms with Crippen LogP contribution in [0.1, 0.15) is 11.4 Å². The van der Waals surface area contributed by atoms with Gasteiger partial charge in [-0.25, -0.2) is 0 Å². The van der Waals surface area contributed by atoms with E-state index < -0.39 is 0 Å². The van der Waals surface area contributed by atoms with Gasteiger partial charge in [0.15, 0.2) is 12.3 Å². The number of aromatic nitrogens is 2. The fraction of sp³-hybridized carbons (Fsp3) is 0.400. The Morgan fingerprint density at radius 2 is 2.60 bits per heavy atom. The van der Waals surface area contributed by atoms with Crippen molar-refractivity contribution in [2.45, 2.75) is 13.5 Å². The Balaban J connectivity index is 2.92. The summed E-state index contributed by atoms with van der Waals surface area (Å²) in [4.78, 5) is 0. The quantitative estimate of drug-likeness (QED) is 0.706. The summed E-state index contributed by atoms with van der Waals surface area (Å²) in [6.45, 7) is 1.58. The van der Waals surface area contributed by atoms with E-state index in [0.717, 1.165) is 4.09 Å². The van der Waals surface area contributed by atoms with E-state index >= 15 is 0 Å². The predicted molar refractivity (Wildman–Crippen MR) is 37.0 cm³/mol. The van der Waals surface area contributed by atoms with Gasteiger partial charge in [-0.05, 0) is 13.0 Å². The van der Waals surface area contributed by atoms with Gasteiger partial charge in [-0.3, -0.25) is 0 Å².